The number of carbonyl (C=O) groups excluding carboxylic acids is 2. The Morgan fingerprint density at radius 2 is 1.89 bits per heavy atom. The van der Waals surface area contributed by atoms with Crippen LogP contribution < -0.4 is 0 Å². The maximum atomic E-state index is 12.9. The predicted octanol–water partition coefficient (Wildman–Crippen LogP) is 3.70. The van der Waals surface area contributed by atoms with Crippen LogP contribution in [0.5, 0.6) is 0 Å². The first-order valence-corrected chi connectivity index (χ1v) is 9.43. The number of hydrogen-bond donors (Lipinski definition) is 0. The molecular weight excluding hydrogens is 380 g/mol. The van der Waals surface area contributed by atoms with Crippen LogP contribution >= 0.6 is 11.8 Å². The zero-order chi connectivity index (χ0) is 19.9. The smallest absolute Gasteiger partial charge is 0.356 e. The Morgan fingerprint density at radius 1 is 1.21 bits per heavy atom. The van der Waals surface area contributed by atoms with Crippen molar-refractivity contribution >= 4 is 34.2 Å². The van der Waals surface area contributed by atoms with E-state index in [0.29, 0.717) is 16.9 Å². The summed E-state index contributed by atoms with van der Waals surface area (Å²) in [5, 5.41) is 11.1. The molecule has 1 fully saturated rings. The minimum atomic E-state index is -0.665. The highest BCUT2D eigenvalue weighted by molar-refractivity contribution is 8.10. The van der Waals surface area contributed by atoms with Crippen molar-refractivity contribution in [3.63, 3.8) is 0 Å². The summed E-state index contributed by atoms with van der Waals surface area (Å²) in [6.45, 7) is 1.66. The fourth-order valence-electron chi connectivity index (χ4n) is 3.42. The number of β-lactam (4-membered cyclic amide) rings is 1. The number of hydrogen-bond acceptors (Lipinski definition) is 6. The molecule has 0 radical (unpaired) electrons. The number of para-hydroxylation sites is 1. The number of benzene rings is 2. The molecule has 1 atom stereocenters. The first-order chi connectivity index (χ1) is 13.4. The number of ether oxygens (including phenoxy) is 1. The van der Waals surface area contributed by atoms with Gasteiger partial charge in [-0.25, -0.2) is 4.79 Å². The van der Waals surface area contributed by atoms with Gasteiger partial charge < -0.3 is 4.74 Å². The van der Waals surface area contributed by atoms with Crippen LogP contribution in [0.2, 0.25) is 0 Å². The number of carbonyl (C=O) groups is 2. The van der Waals surface area contributed by atoms with Gasteiger partial charge in [-0.1, -0.05) is 54.2 Å². The number of rotatable bonds is 5. The van der Waals surface area contributed by atoms with Gasteiger partial charge in [-0.15, -0.1) is 0 Å². The van der Waals surface area contributed by atoms with E-state index in [1.165, 1.54) is 22.7 Å². The van der Waals surface area contributed by atoms with Crippen molar-refractivity contribution in [1.82, 2.24) is 4.90 Å². The third-order valence-electron chi connectivity index (χ3n) is 4.74. The van der Waals surface area contributed by atoms with E-state index in [4.69, 9.17) is 4.74 Å². The zero-order valence-corrected chi connectivity index (χ0v) is 15.8. The van der Waals surface area contributed by atoms with Gasteiger partial charge in [0.05, 0.1) is 16.9 Å². The molecule has 2 aliphatic heterocycles. The summed E-state index contributed by atoms with van der Waals surface area (Å²) in [5.74, 6) is -0.806. The Kier molecular flexibility index (Phi) is 4.43. The molecular formula is C20H16N2O5S. The number of amides is 1. The fraction of sp³-hybridized carbons (Fsp3) is 0.200. The van der Waals surface area contributed by atoms with Crippen molar-refractivity contribution in [2.75, 3.05) is 0 Å². The van der Waals surface area contributed by atoms with Crippen LogP contribution in [0.1, 0.15) is 24.5 Å². The second kappa shape index (κ2) is 6.79. The standard InChI is InChI=1S/C20H16N2O5S/c1-20-11-16(23)21(20)17(18(28-20)13-7-3-2-4-8-13)19(24)27-12-14-9-5-6-10-15(14)22(25)26/h2-10H,11-12H2,1H3. The SMILES string of the molecule is CC12CC(=O)N1C(C(=O)OCc1ccccc1[N+](=O)[O-])=C(c1ccccc1)S2. The van der Waals surface area contributed by atoms with E-state index < -0.39 is 15.8 Å². The van der Waals surface area contributed by atoms with Crippen molar-refractivity contribution in [3.8, 4) is 0 Å². The fourth-order valence-corrected chi connectivity index (χ4v) is 4.86. The zero-order valence-electron chi connectivity index (χ0n) is 15.0. The Balaban J connectivity index is 1.64. The summed E-state index contributed by atoms with van der Waals surface area (Å²) < 4.78 is 5.39. The Hall–Kier alpha value is -3.13. The van der Waals surface area contributed by atoms with Crippen LogP contribution in [0.4, 0.5) is 5.69 Å². The number of thioether (sulfide) groups is 1. The lowest BCUT2D eigenvalue weighted by Crippen LogP contribution is -2.57. The Bertz CT molecular complexity index is 1020. The van der Waals surface area contributed by atoms with Crippen LogP contribution in [-0.2, 0) is 20.9 Å². The molecule has 8 heteroatoms. The van der Waals surface area contributed by atoms with Gasteiger partial charge in [-0.05, 0) is 18.6 Å². The average Bonchev–Trinajstić information content (AvgIpc) is 2.94. The molecule has 0 aromatic heterocycles. The van der Waals surface area contributed by atoms with Gasteiger partial charge in [0.15, 0.2) is 0 Å². The maximum Gasteiger partial charge on any atom is 0.356 e. The first kappa shape index (κ1) is 18.2. The molecule has 7 nitrogen and oxygen atoms in total. The van der Waals surface area contributed by atoms with Crippen molar-refractivity contribution in [1.29, 1.82) is 0 Å². The first-order valence-electron chi connectivity index (χ1n) is 8.62. The van der Waals surface area contributed by atoms with Gasteiger partial charge in [-0.2, -0.15) is 0 Å². The molecule has 4 rings (SSSR count). The number of nitro benzene ring substituents is 1. The van der Waals surface area contributed by atoms with Gasteiger partial charge in [0.2, 0.25) is 5.91 Å². The van der Waals surface area contributed by atoms with E-state index in [9.17, 15) is 19.7 Å². The number of esters is 1. The van der Waals surface area contributed by atoms with E-state index in [0.717, 1.165) is 5.56 Å². The van der Waals surface area contributed by atoms with Gasteiger partial charge in [-0.3, -0.25) is 19.8 Å². The highest BCUT2D eigenvalue weighted by atomic mass is 32.2. The highest BCUT2D eigenvalue weighted by Gasteiger charge is 2.57. The maximum absolute atomic E-state index is 12.9. The molecule has 0 aliphatic carbocycles. The Morgan fingerprint density at radius 3 is 2.57 bits per heavy atom. The molecule has 142 valence electrons. The van der Waals surface area contributed by atoms with Crippen molar-refractivity contribution < 1.29 is 19.2 Å². The second-order valence-corrected chi connectivity index (χ2v) is 8.18. The molecule has 2 aliphatic rings. The molecule has 28 heavy (non-hydrogen) atoms. The summed E-state index contributed by atoms with van der Waals surface area (Å²) in [6, 6.07) is 15.4. The molecule has 1 saturated heterocycles. The minimum absolute atomic E-state index is 0.113. The average molecular weight is 396 g/mol. The van der Waals surface area contributed by atoms with Crippen LogP contribution in [-0.4, -0.2) is 26.6 Å². The normalized spacial score (nSPS) is 20.6. The molecule has 0 spiro atoms. The second-order valence-electron chi connectivity index (χ2n) is 6.69. The molecule has 1 amide bonds. The van der Waals surface area contributed by atoms with Crippen molar-refractivity contribution in [2.24, 2.45) is 0 Å². The molecule has 2 aromatic carbocycles. The van der Waals surface area contributed by atoms with Gasteiger partial charge in [0.25, 0.3) is 5.69 Å². The number of fused-ring (bicyclic) bond motifs is 1. The summed E-state index contributed by atoms with van der Waals surface area (Å²) >= 11 is 1.46. The topological polar surface area (TPSA) is 89.8 Å². The van der Waals surface area contributed by atoms with Crippen LogP contribution in [0.25, 0.3) is 4.91 Å². The molecule has 0 bridgehead atoms. The summed E-state index contributed by atoms with van der Waals surface area (Å²) in [4.78, 5) is 37.4. The quantitative estimate of drug-likeness (QED) is 0.331. The number of nitro groups is 1. The highest BCUT2D eigenvalue weighted by Crippen LogP contribution is 2.57. The third-order valence-corrected chi connectivity index (χ3v) is 6.14. The van der Waals surface area contributed by atoms with Crippen molar-refractivity contribution in [3.05, 3.63) is 81.5 Å². The summed E-state index contributed by atoms with van der Waals surface area (Å²) in [7, 11) is 0. The largest absolute Gasteiger partial charge is 0.456 e. The predicted molar refractivity (Wildman–Crippen MR) is 104 cm³/mol. The van der Waals surface area contributed by atoms with Crippen molar-refractivity contribution in [2.45, 2.75) is 24.8 Å². The lowest BCUT2D eigenvalue weighted by atomic mass is 10.0. The summed E-state index contributed by atoms with van der Waals surface area (Å²) in [5.41, 5.74) is 1.21. The minimum Gasteiger partial charge on any atom is -0.456 e. The molecule has 2 aromatic rings. The van der Waals surface area contributed by atoms with E-state index in [2.05, 4.69) is 0 Å². The van der Waals surface area contributed by atoms with Gasteiger partial charge in [0, 0.05) is 11.0 Å². The third kappa shape index (κ3) is 2.95. The van der Waals surface area contributed by atoms with E-state index in [-0.39, 0.29) is 23.9 Å². The van der Waals surface area contributed by atoms with E-state index >= 15 is 0 Å². The van der Waals surface area contributed by atoms with Crippen LogP contribution in [0.15, 0.2) is 60.3 Å². The number of nitrogens with zero attached hydrogens (tertiary/aromatic N) is 2. The lowest BCUT2D eigenvalue weighted by Gasteiger charge is -2.44. The van der Waals surface area contributed by atoms with E-state index in [1.807, 2.05) is 37.3 Å². The van der Waals surface area contributed by atoms with Gasteiger partial charge >= 0.3 is 5.97 Å². The van der Waals surface area contributed by atoms with E-state index in [1.54, 1.807) is 18.2 Å². The molecule has 1 unspecified atom stereocenters. The Labute approximate surface area is 165 Å². The molecule has 0 saturated carbocycles. The summed E-state index contributed by atoms with van der Waals surface area (Å²) in [6.07, 6.45) is 0.342. The molecule has 0 N–H and O–H groups in total. The monoisotopic (exact) mass is 396 g/mol. The van der Waals surface area contributed by atoms with Crippen LogP contribution in [0.3, 0.4) is 0 Å². The lowest BCUT2D eigenvalue weighted by molar-refractivity contribution is -0.385. The van der Waals surface area contributed by atoms with Crippen LogP contribution in [0, 0.1) is 10.1 Å². The van der Waals surface area contributed by atoms with Gasteiger partial charge in [0.1, 0.15) is 17.2 Å². The molecule has 2 heterocycles.